The lowest BCUT2D eigenvalue weighted by atomic mass is 9.49. The average molecular weight is 474 g/mol. The Balaban J connectivity index is 1.27. The molecule has 8 heteroatoms. The number of carbonyl (C=O) groups excluding carboxylic acids is 2. The number of nitrogens with zero attached hydrogens (tertiary/aromatic N) is 1. The normalized spacial score (nSPS) is 28.4. The molecule has 1 aromatic carbocycles. The van der Waals surface area contributed by atoms with Crippen LogP contribution in [0.15, 0.2) is 35.2 Å². The second-order valence-corrected chi connectivity index (χ2v) is 12.1. The van der Waals surface area contributed by atoms with E-state index in [4.69, 9.17) is 0 Å². The largest absolute Gasteiger partial charge is 0.273 e. The van der Waals surface area contributed by atoms with Crippen LogP contribution >= 0.6 is 0 Å². The van der Waals surface area contributed by atoms with E-state index in [1.54, 1.807) is 44.2 Å². The summed E-state index contributed by atoms with van der Waals surface area (Å²) in [4.78, 5) is 24.9. The fourth-order valence-corrected chi connectivity index (χ4v) is 8.16. The highest BCUT2D eigenvalue weighted by atomic mass is 32.2. The smallest absolute Gasteiger partial charge is 0.262 e. The van der Waals surface area contributed by atoms with E-state index in [-0.39, 0.29) is 16.2 Å². The predicted octanol–water partition coefficient (Wildman–Crippen LogP) is 3.48. The van der Waals surface area contributed by atoms with Gasteiger partial charge in [0.25, 0.3) is 5.91 Å². The number of carbonyl (C=O) groups is 2. The minimum Gasteiger partial charge on any atom is -0.273 e. The van der Waals surface area contributed by atoms with Gasteiger partial charge in [-0.1, -0.05) is 26.0 Å². The maximum atomic E-state index is 12.6. The van der Waals surface area contributed by atoms with Gasteiger partial charge in [0.15, 0.2) is 0 Å². The molecule has 4 aliphatic rings. The van der Waals surface area contributed by atoms with Crippen LogP contribution in [0.3, 0.4) is 0 Å². The molecule has 0 radical (unpaired) electrons. The second kappa shape index (κ2) is 9.58. The highest BCUT2D eigenvalue weighted by molar-refractivity contribution is 7.89. The number of nitrogens with one attached hydrogen (secondary N) is 2. The van der Waals surface area contributed by atoms with E-state index in [9.17, 15) is 18.0 Å². The number of hydrogen-bond donors (Lipinski definition) is 2. The summed E-state index contributed by atoms with van der Waals surface area (Å²) in [6.45, 7) is 4.43. The maximum Gasteiger partial charge on any atom is 0.262 e. The predicted molar refractivity (Wildman–Crippen MR) is 127 cm³/mol. The Labute approximate surface area is 197 Å². The van der Waals surface area contributed by atoms with E-state index in [1.165, 1.54) is 29.6 Å². The number of rotatable bonds is 8. The summed E-state index contributed by atoms with van der Waals surface area (Å²) in [6.07, 6.45) is 10.9. The number of benzene rings is 1. The summed E-state index contributed by atoms with van der Waals surface area (Å²) in [5.74, 6) is 1.82. The van der Waals surface area contributed by atoms with Gasteiger partial charge < -0.3 is 0 Å². The number of hydrogen-bond acceptors (Lipinski definition) is 4. The summed E-state index contributed by atoms with van der Waals surface area (Å²) in [6, 6.07) is 6.40. The molecule has 4 fully saturated rings. The van der Waals surface area contributed by atoms with Crippen molar-refractivity contribution in [1.29, 1.82) is 0 Å². The Morgan fingerprint density at radius 1 is 0.970 bits per heavy atom. The molecule has 0 spiro atoms. The number of sulfonamides is 1. The van der Waals surface area contributed by atoms with Crippen LogP contribution in [-0.4, -0.2) is 37.6 Å². The van der Waals surface area contributed by atoms with Crippen molar-refractivity contribution in [2.45, 2.75) is 63.7 Å². The molecule has 180 valence electrons. The molecular weight excluding hydrogens is 438 g/mol. The van der Waals surface area contributed by atoms with Crippen molar-refractivity contribution in [2.24, 2.45) is 23.2 Å². The highest BCUT2D eigenvalue weighted by Crippen LogP contribution is 2.61. The Morgan fingerprint density at radius 2 is 1.52 bits per heavy atom. The minimum absolute atomic E-state index is 0.121. The Bertz CT molecular complexity index is 977. The van der Waals surface area contributed by atoms with E-state index >= 15 is 0 Å². The van der Waals surface area contributed by atoms with Crippen LogP contribution in [-0.2, 0) is 19.6 Å². The molecule has 0 aliphatic heterocycles. The lowest BCUT2D eigenvalue weighted by Gasteiger charge is -2.56. The van der Waals surface area contributed by atoms with Crippen molar-refractivity contribution in [2.75, 3.05) is 13.1 Å². The van der Waals surface area contributed by atoms with Gasteiger partial charge in [-0.2, -0.15) is 4.31 Å². The summed E-state index contributed by atoms with van der Waals surface area (Å²) in [5.41, 5.74) is 5.88. The van der Waals surface area contributed by atoms with Crippen LogP contribution in [0.1, 0.15) is 64.4 Å². The fraction of sp³-hybridized carbons (Fsp3) is 0.600. The number of amides is 2. The van der Waals surface area contributed by atoms with E-state index in [0.29, 0.717) is 25.1 Å². The molecule has 5 rings (SSSR count). The van der Waals surface area contributed by atoms with Gasteiger partial charge in [0.1, 0.15) is 0 Å². The first-order valence-electron chi connectivity index (χ1n) is 12.1. The zero-order valence-corrected chi connectivity index (χ0v) is 20.4. The summed E-state index contributed by atoms with van der Waals surface area (Å²) >= 11 is 0. The maximum absolute atomic E-state index is 12.6. The quantitative estimate of drug-likeness (QED) is 0.446. The topological polar surface area (TPSA) is 95.6 Å². The van der Waals surface area contributed by atoms with Crippen LogP contribution in [0.5, 0.6) is 0 Å². The zero-order chi connectivity index (χ0) is 23.6. The molecule has 0 saturated heterocycles. The van der Waals surface area contributed by atoms with Gasteiger partial charge >= 0.3 is 0 Å². The van der Waals surface area contributed by atoms with Gasteiger partial charge in [-0.05, 0) is 85.5 Å². The standard InChI is InChI=1S/C25H35N3O4S/c1-3-28(4-2)33(31,32)22-8-5-18(6-9-22)7-10-23(29)26-27-24(30)17-25-14-19-11-20(15-25)13-21(12-19)16-25/h5-10,19-21H,3-4,11-17H2,1-2H3,(H,26,29)(H,27,30)/b10-7+. The molecule has 2 amide bonds. The molecule has 7 nitrogen and oxygen atoms in total. The van der Waals surface area contributed by atoms with Crippen LogP contribution < -0.4 is 10.9 Å². The van der Waals surface area contributed by atoms with E-state index in [2.05, 4.69) is 10.9 Å². The first kappa shape index (κ1) is 24.0. The second-order valence-electron chi connectivity index (χ2n) is 10.1. The van der Waals surface area contributed by atoms with Gasteiger partial charge in [-0.15, -0.1) is 0 Å². The van der Waals surface area contributed by atoms with Crippen LogP contribution in [0.25, 0.3) is 6.08 Å². The van der Waals surface area contributed by atoms with Gasteiger partial charge in [-0.25, -0.2) is 8.42 Å². The van der Waals surface area contributed by atoms with Gasteiger partial charge in [0, 0.05) is 25.6 Å². The minimum atomic E-state index is -3.50. The third-order valence-corrected chi connectivity index (χ3v) is 9.74. The first-order chi connectivity index (χ1) is 15.7. The van der Waals surface area contributed by atoms with E-state index in [0.717, 1.165) is 37.0 Å². The molecule has 2 N–H and O–H groups in total. The SMILES string of the molecule is CCN(CC)S(=O)(=O)c1ccc(/C=C/C(=O)NNC(=O)CC23CC4CC(CC(C4)C2)C3)cc1. The third-order valence-electron chi connectivity index (χ3n) is 7.68. The van der Waals surface area contributed by atoms with Crippen molar-refractivity contribution in [3.8, 4) is 0 Å². The van der Waals surface area contributed by atoms with Crippen LogP contribution in [0.2, 0.25) is 0 Å². The molecule has 1 aromatic rings. The Hall–Kier alpha value is -2.19. The first-order valence-corrected chi connectivity index (χ1v) is 13.5. The Morgan fingerprint density at radius 3 is 2.03 bits per heavy atom. The number of hydrazine groups is 1. The molecule has 0 atom stereocenters. The monoisotopic (exact) mass is 473 g/mol. The lowest BCUT2D eigenvalue weighted by molar-refractivity contribution is -0.133. The summed E-state index contributed by atoms with van der Waals surface area (Å²) < 4.78 is 26.5. The van der Waals surface area contributed by atoms with Gasteiger partial charge in [0.2, 0.25) is 15.9 Å². The molecule has 0 unspecified atom stereocenters. The van der Waals surface area contributed by atoms with Crippen molar-refractivity contribution in [1.82, 2.24) is 15.2 Å². The van der Waals surface area contributed by atoms with Crippen molar-refractivity contribution in [3.63, 3.8) is 0 Å². The van der Waals surface area contributed by atoms with Crippen LogP contribution in [0.4, 0.5) is 0 Å². The van der Waals surface area contributed by atoms with E-state index < -0.39 is 15.9 Å². The van der Waals surface area contributed by atoms with Crippen molar-refractivity contribution >= 4 is 27.9 Å². The third kappa shape index (κ3) is 5.32. The molecule has 4 bridgehead atoms. The fourth-order valence-electron chi connectivity index (χ4n) is 6.70. The average Bonchev–Trinajstić information content (AvgIpc) is 2.76. The van der Waals surface area contributed by atoms with Crippen molar-refractivity contribution in [3.05, 3.63) is 35.9 Å². The van der Waals surface area contributed by atoms with Gasteiger partial charge in [0.05, 0.1) is 4.90 Å². The molecular formula is C25H35N3O4S. The molecule has 0 heterocycles. The molecule has 4 saturated carbocycles. The Kier molecular flexibility index (Phi) is 6.96. The highest BCUT2D eigenvalue weighted by Gasteiger charge is 2.51. The zero-order valence-electron chi connectivity index (χ0n) is 19.5. The summed E-state index contributed by atoms with van der Waals surface area (Å²) in [5, 5.41) is 0. The van der Waals surface area contributed by atoms with Crippen molar-refractivity contribution < 1.29 is 18.0 Å². The molecule has 0 aromatic heterocycles. The molecule has 33 heavy (non-hydrogen) atoms. The lowest BCUT2D eigenvalue weighted by Crippen LogP contribution is -2.49. The van der Waals surface area contributed by atoms with Crippen LogP contribution in [0, 0.1) is 23.2 Å². The van der Waals surface area contributed by atoms with Gasteiger partial charge in [-0.3, -0.25) is 20.4 Å². The summed E-state index contributed by atoms with van der Waals surface area (Å²) in [7, 11) is -3.50. The molecule has 4 aliphatic carbocycles. The van der Waals surface area contributed by atoms with E-state index in [1.807, 2.05) is 0 Å².